The van der Waals surface area contributed by atoms with Crippen LogP contribution in [0.5, 0.6) is 0 Å². The maximum Gasteiger partial charge on any atom is 0.202 e. The number of benzene rings is 2. The van der Waals surface area contributed by atoms with Crippen molar-refractivity contribution in [3.8, 4) is 0 Å². The molecule has 1 aromatic heterocycles. The predicted octanol–water partition coefficient (Wildman–Crippen LogP) is 3.20. The van der Waals surface area contributed by atoms with E-state index in [9.17, 15) is 0 Å². The first kappa shape index (κ1) is 20.8. The zero-order valence-electron chi connectivity index (χ0n) is 18.1. The van der Waals surface area contributed by atoms with Crippen LogP contribution in [0, 0.1) is 4.77 Å². The lowest BCUT2D eigenvalue weighted by atomic mass is 10.1. The minimum absolute atomic E-state index is 0.760. The second kappa shape index (κ2) is 9.58. The van der Waals surface area contributed by atoms with Gasteiger partial charge in [0.25, 0.3) is 0 Å². The summed E-state index contributed by atoms with van der Waals surface area (Å²) in [6.07, 6.45) is 4.74. The van der Waals surface area contributed by atoms with Gasteiger partial charge in [-0.15, -0.1) is 0 Å². The van der Waals surface area contributed by atoms with Gasteiger partial charge in [0.05, 0.1) is 7.05 Å². The molecule has 0 radical (unpaired) electrons. The summed E-state index contributed by atoms with van der Waals surface area (Å²) in [6.45, 7) is 4.06. The van der Waals surface area contributed by atoms with E-state index in [1.54, 1.807) is 0 Å². The minimum Gasteiger partial charge on any atom is -0.371 e. The summed E-state index contributed by atoms with van der Waals surface area (Å²) >= 11 is 5.68. The molecular weight excluding hydrogens is 390 g/mol. The Bertz CT molecular complexity index is 1020. The van der Waals surface area contributed by atoms with Crippen LogP contribution >= 0.6 is 12.2 Å². The van der Waals surface area contributed by atoms with Crippen LogP contribution in [-0.2, 0) is 26.7 Å². The fraction of sp³-hybridized carbons (Fsp3) is 0.417. The highest BCUT2D eigenvalue weighted by atomic mass is 32.1. The topological polar surface area (TPSA) is 30.4 Å². The van der Waals surface area contributed by atoms with E-state index in [1.807, 2.05) is 22.4 Å². The van der Waals surface area contributed by atoms with Crippen LogP contribution < -0.4 is 9.80 Å². The van der Waals surface area contributed by atoms with Crippen LogP contribution in [-0.4, -0.2) is 34.5 Å². The van der Waals surface area contributed by atoms with Gasteiger partial charge in [-0.3, -0.25) is 0 Å². The maximum absolute atomic E-state index is 5.68. The molecule has 3 aromatic rings. The van der Waals surface area contributed by atoms with E-state index in [0.29, 0.717) is 0 Å². The van der Waals surface area contributed by atoms with E-state index in [1.165, 1.54) is 54.1 Å². The number of hydrogen-bond donors (Lipinski definition) is 1. The normalized spacial score (nSPS) is 15.3. The molecule has 5 nitrogen and oxygen atoms in total. The quantitative estimate of drug-likeness (QED) is 0.593. The van der Waals surface area contributed by atoms with Crippen molar-refractivity contribution < 1.29 is 4.90 Å². The van der Waals surface area contributed by atoms with E-state index in [2.05, 4.69) is 60.5 Å². The SMILES string of the molecule is Cn1c(Cc2ccccc2)nn(C[NH+](C)Cc2ccccc2N2CCCCC2)c1=S. The van der Waals surface area contributed by atoms with Crippen LogP contribution in [0.2, 0.25) is 0 Å². The molecule has 1 unspecified atom stereocenters. The third kappa shape index (κ3) is 4.82. The highest BCUT2D eigenvalue weighted by molar-refractivity contribution is 7.71. The van der Waals surface area contributed by atoms with Crippen LogP contribution in [0.25, 0.3) is 0 Å². The zero-order chi connectivity index (χ0) is 20.9. The Morgan fingerprint density at radius 1 is 0.967 bits per heavy atom. The number of para-hydroxylation sites is 1. The Kier molecular flexibility index (Phi) is 6.65. The first-order chi connectivity index (χ1) is 14.6. The molecule has 0 saturated carbocycles. The van der Waals surface area contributed by atoms with E-state index < -0.39 is 0 Å². The number of nitrogens with one attached hydrogen (secondary N) is 1. The zero-order valence-corrected chi connectivity index (χ0v) is 18.9. The third-order valence-electron chi connectivity index (χ3n) is 5.94. The summed E-state index contributed by atoms with van der Waals surface area (Å²) in [6, 6.07) is 19.3. The van der Waals surface area contributed by atoms with Gasteiger partial charge in [0.1, 0.15) is 12.4 Å². The fourth-order valence-corrected chi connectivity index (χ4v) is 4.52. The molecule has 0 spiro atoms. The fourth-order valence-electron chi connectivity index (χ4n) is 4.31. The number of aromatic nitrogens is 3. The maximum atomic E-state index is 5.68. The number of piperidine rings is 1. The lowest BCUT2D eigenvalue weighted by Gasteiger charge is -2.31. The van der Waals surface area contributed by atoms with Gasteiger partial charge < -0.3 is 14.4 Å². The average molecular weight is 423 g/mol. The minimum atomic E-state index is 0.760. The van der Waals surface area contributed by atoms with Crippen molar-refractivity contribution in [2.45, 2.75) is 38.9 Å². The molecule has 0 amide bonds. The molecule has 4 rings (SSSR count). The van der Waals surface area contributed by atoms with Gasteiger partial charge in [-0.1, -0.05) is 48.5 Å². The van der Waals surface area contributed by atoms with Crippen LogP contribution in [0.3, 0.4) is 0 Å². The van der Waals surface area contributed by atoms with Gasteiger partial charge in [-0.25, -0.2) is 0 Å². The number of rotatable bonds is 7. The molecule has 1 N–H and O–H groups in total. The summed E-state index contributed by atoms with van der Waals surface area (Å²) in [7, 11) is 4.24. The van der Waals surface area contributed by atoms with Crippen molar-refractivity contribution in [2.24, 2.45) is 7.05 Å². The lowest BCUT2D eigenvalue weighted by Crippen LogP contribution is -3.07. The molecular formula is C24H32N5S+. The monoisotopic (exact) mass is 422 g/mol. The van der Waals surface area contributed by atoms with Crippen molar-refractivity contribution in [3.05, 3.63) is 76.3 Å². The highest BCUT2D eigenvalue weighted by Gasteiger charge is 2.17. The summed E-state index contributed by atoms with van der Waals surface area (Å²) in [5, 5.41) is 4.84. The van der Waals surface area contributed by atoms with Gasteiger partial charge >= 0.3 is 0 Å². The molecule has 158 valence electrons. The molecule has 0 aliphatic carbocycles. The number of nitrogens with zero attached hydrogens (tertiary/aromatic N) is 4. The Hall–Kier alpha value is -2.44. The lowest BCUT2D eigenvalue weighted by molar-refractivity contribution is -0.917. The third-order valence-corrected chi connectivity index (χ3v) is 6.42. The number of quaternary nitrogens is 1. The van der Waals surface area contributed by atoms with Crippen molar-refractivity contribution >= 4 is 17.9 Å². The predicted molar refractivity (Wildman–Crippen MR) is 124 cm³/mol. The van der Waals surface area contributed by atoms with Gasteiger partial charge in [0.2, 0.25) is 4.77 Å². The van der Waals surface area contributed by atoms with Gasteiger partial charge in [0, 0.05) is 37.8 Å². The second-order valence-corrected chi connectivity index (χ2v) is 8.75. The smallest absolute Gasteiger partial charge is 0.202 e. The van der Waals surface area contributed by atoms with E-state index >= 15 is 0 Å². The van der Waals surface area contributed by atoms with Crippen molar-refractivity contribution in [3.63, 3.8) is 0 Å². The molecule has 0 bridgehead atoms. The van der Waals surface area contributed by atoms with Crippen LogP contribution in [0.4, 0.5) is 5.69 Å². The average Bonchev–Trinajstić information content (AvgIpc) is 3.03. The van der Waals surface area contributed by atoms with Gasteiger partial charge in [0.15, 0.2) is 6.67 Å². The van der Waals surface area contributed by atoms with E-state index in [4.69, 9.17) is 17.3 Å². The number of hydrogen-bond acceptors (Lipinski definition) is 3. The molecule has 1 aliphatic rings. The van der Waals surface area contributed by atoms with Crippen molar-refractivity contribution in [2.75, 3.05) is 25.0 Å². The molecule has 1 fully saturated rings. The molecule has 2 aromatic carbocycles. The van der Waals surface area contributed by atoms with E-state index in [-0.39, 0.29) is 0 Å². The molecule has 6 heteroatoms. The Morgan fingerprint density at radius 3 is 2.43 bits per heavy atom. The summed E-state index contributed by atoms with van der Waals surface area (Å²) in [5.74, 6) is 1.01. The standard InChI is InChI=1S/C24H31N5S/c1-26(18-21-13-7-8-14-22(21)28-15-9-4-10-16-28)19-29-24(30)27(2)23(25-29)17-20-11-5-3-6-12-20/h3,5-8,11-14H,4,9-10,15-19H2,1-2H3/p+1. The van der Waals surface area contributed by atoms with Crippen molar-refractivity contribution in [1.82, 2.24) is 14.3 Å². The summed E-state index contributed by atoms with van der Waals surface area (Å²) in [4.78, 5) is 3.93. The van der Waals surface area contributed by atoms with Crippen LogP contribution in [0.1, 0.15) is 36.2 Å². The Balaban J connectivity index is 1.47. The first-order valence-electron chi connectivity index (χ1n) is 10.9. The van der Waals surface area contributed by atoms with E-state index in [0.717, 1.165) is 30.2 Å². The number of anilines is 1. The largest absolute Gasteiger partial charge is 0.371 e. The molecule has 1 aliphatic heterocycles. The van der Waals surface area contributed by atoms with Crippen LogP contribution in [0.15, 0.2) is 54.6 Å². The summed E-state index contributed by atoms with van der Waals surface area (Å²) < 4.78 is 4.80. The molecule has 1 saturated heterocycles. The molecule has 2 heterocycles. The summed E-state index contributed by atoms with van der Waals surface area (Å²) in [5.41, 5.74) is 4.05. The van der Waals surface area contributed by atoms with Gasteiger partial charge in [-0.2, -0.15) is 9.78 Å². The Labute approximate surface area is 184 Å². The highest BCUT2D eigenvalue weighted by Crippen LogP contribution is 2.23. The first-order valence-corrected chi connectivity index (χ1v) is 11.3. The van der Waals surface area contributed by atoms with Crippen molar-refractivity contribution in [1.29, 1.82) is 0 Å². The Morgan fingerprint density at radius 2 is 1.67 bits per heavy atom. The molecule has 1 atom stereocenters. The second-order valence-electron chi connectivity index (χ2n) is 8.39. The van der Waals surface area contributed by atoms with Gasteiger partial charge in [-0.05, 0) is 43.1 Å². The molecule has 30 heavy (non-hydrogen) atoms.